The number of anilines is 1. The summed E-state index contributed by atoms with van der Waals surface area (Å²) in [6.45, 7) is 0. The molecule has 0 radical (unpaired) electrons. The minimum Gasteiger partial charge on any atom is -0.324 e. The van der Waals surface area contributed by atoms with E-state index in [4.69, 9.17) is 9.79 Å². The van der Waals surface area contributed by atoms with Crippen molar-refractivity contribution < 1.29 is 19.1 Å². The summed E-state index contributed by atoms with van der Waals surface area (Å²) in [5.74, 6) is -0.319. The van der Waals surface area contributed by atoms with Gasteiger partial charge >= 0.3 is 7.60 Å². The zero-order valence-corrected chi connectivity index (χ0v) is 18.2. The van der Waals surface area contributed by atoms with Gasteiger partial charge in [-0.3, -0.25) is 14.0 Å². The smallest absolute Gasteiger partial charge is 0.324 e. The Bertz CT molecular complexity index is 1350. The van der Waals surface area contributed by atoms with Crippen molar-refractivity contribution in [3.63, 3.8) is 0 Å². The van der Waals surface area contributed by atoms with Crippen LogP contribution in [-0.4, -0.2) is 25.5 Å². The van der Waals surface area contributed by atoms with Crippen molar-refractivity contribution >= 4 is 36.0 Å². The highest BCUT2D eigenvalue weighted by molar-refractivity contribution is 7.50. The third kappa shape index (κ3) is 5.03. The summed E-state index contributed by atoms with van der Waals surface area (Å²) < 4.78 is 12.9. The van der Waals surface area contributed by atoms with Crippen LogP contribution in [0.15, 0.2) is 79.0 Å². The molecule has 0 bridgehead atoms. The number of rotatable bonds is 6. The number of hydrogen-bond donors (Lipinski definition) is 3. The van der Waals surface area contributed by atoms with Gasteiger partial charge in [0.2, 0.25) is 5.91 Å². The number of carbonyl (C=O) groups excluding carboxylic acids is 1. The lowest BCUT2D eigenvalue weighted by Crippen LogP contribution is -2.07. The van der Waals surface area contributed by atoms with Gasteiger partial charge in [0, 0.05) is 29.9 Å². The molecule has 1 aromatic heterocycles. The van der Waals surface area contributed by atoms with Crippen LogP contribution in [0.4, 0.5) is 5.69 Å². The summed E-state index contributed by atoms with van der Waals surface area (Å²) in [6.07, 6.45) is 4.55. The Balaban J connectivity index is 1.53. The van der Waals surface area contributed by atoms with E-state index in [2.05, 4.69) is 28.6 Å². The molecule has 0 fully saturated rings. The topological polar surface area (TPSA) is 104 Å². The summed E-state index contributed by atoms with van der Waals surface area (Å²) >= 11 is 0. The highest BCUT2D eigenvalue weighted by Crippen LogP contribution is 2.39. The zero-order chi connectivity index (χ0) is 22.7. The van der Waals surface area contributed by atoms with Crippen molar-refractivity contribution in [2.24, 2.45) is 7.05 Å². The van der Waals surface area contributed by atoms with Crippen LogP contribution in [0.1, 0.15) is 11.1 Å². The Kier molecular flexibility index (Phi) is 6.06. The van der Waals surface area contributed by atoms with Gasteiger partial charge in [0.05, 0.1) is 18.1 Å². The van der Waals surface area contributed by atoms with Gasteiger partial charge in [-0.2, -0.15) is 5.10 Å². The second kappa shape index (κ2) is 8.93. The summed E-state index contributed by atoms with van der Waals surface area (Å²) in [5, 5.41) is 9.35. The minimum atomic E-state index is -4.13. The number of amides is 1. The number of aryl methyl sites for hydroxylation is 1. The van der Waals surface area contributed by atoms with E-state index in [9.17, 15) is 9.36 Å². The van der Waals surface area contributed by atoms with E-state index in [1.54, 1.807) is 41.2 Å². The molecule has 0 spiro atoms. The number of nitrogens with one attached hydrogen (secondary N) is 1. The zero-order valence-electron chi connectivity index (χ0n) is 17.3. The molecule has 0 atom stereocenters. The van der Waals surface area contributed by atoms with Gasteiger partial charge < -0.3 is 15.1 Å². The first-order valence-electron chi connectivity index (χ1n) is 9.93. The fourth-order valence-corrected chi connectivity index (χ4v) is 4.31. The molecule has 32 heavy (non-hydrogen) atoms. The largest absolute Gasteiger partial charge is 0.329 e. The standard InChI is InChI=1S/C24H22N3O4P/c1-27-24(22-8-4-6-18-5-2-3-7-21(18)22)19(15-25-27)11-14-23(28)26-20-12-9-17(10-13-20)16-32(29,30)31/h2-15H,16H2,1H3,(H,26,28)(H2,29,30,31). The van der Waals surface area contributed by atoms with Crippen molar-refractivity contribution in [1.82, 2.24) is 9.78 Å². The molecule has 0 aliphatic carbocycles. The summed E-state index contributed by atoms with van der Waals surface area (Å²) in [4.78, 5) is 30.5. The van der Waals surface area contributed by atoms with Crippen molar-refractivity contribution in [2.45, 2.75) is 6.16 Å². The van der Waals surface area contributed by atoms with E-state index in [1.807, 2.05) is 31.3 Å². The first-order valence-corrected chi connectivity index (χ1v) is 11.7. The molecular formula is C24H22N3O4P. The van der Waals surface area contributed by atoms with E-state index >= 15 is 0 Å². The van der Waals surface area contributed by atoms with E-state index in [0.717, 1.165) is 27.6 Å². The predicted octanol–water partition coefficient (Wildman–Crippen LogP) is 4.57. The first kappa shape index (κ1) is 21.7. The Morgan fingerprint density at radius 1 is 1.06 bits per heavy atom. The van der Waals surface area contributed by atoms with Gasteiger partial charge in [-0.05, 0) is 34.5 Å². The van der Waals surface area contributed by atoms with Crippen LogP contribution in [0, 0.1) is 0 Å². The number of aromatic nitrogens is 2. The van der Waals surface area contributed by atoms with Gasteiger partial charge in [-0.15, -0.1) is 0 Å². The molecule has 0 aliphatic heterocycles. The van der Waals surface area contributed by atoms with Crippen molar-refractivity contribution in [3.8, 4) is 11.3 Å². The van der Waals surface area contributed by atoms with Crippen LogP contribution >= 0.6 is 7.60 Å². The monoisotopic (exact) mass is 447 g/mol. The fraction of sp³-hybridized carbons (Fsp3) is 0.0833. The Morgan fingerprint density at radius 3 is 2.53 bits per heavy atom. The third-order valence-electron chi connectivity index (χ3n) is 5.04. The van der Waals surface area contributed by atoms with E-state index < -0.39 is 7.60 Å². The number of benzene rings is 3. The van der Waals surface area contributed by atoms with Crippen LogP contribution in [0.3, 0.4) is 0 Å². The van der Waals surface area contributed by atoms with Gasteiger partial charge in [-0.25, -0.2) is 0 Å². The summed E-state index contributed by atoms with van der Waals surface area (Å²) in [6, 6.07) is 20.6. The molecule has 0 saturated heterocycles. The Morgan fingerprint density at radius 2 is 1.78 bits per heavy atom. The first-order chi connectivity index (χ1) is 15.3. The van der Waals surface area contributed by atoms with Crippen LogP contribution in [-0.2, 0) is 22.6 Å². The van der Waals surface area contributed by atoms with Crippen LogP contribution in [0.5, 0.6) is 0 Å². The fourth-order valence-electron chi connectivity index (χ4n) is 3.62. The summed E-state index contributed by atoms with van der Waals surface area (Å²) in [7, 11) is -2.26. The van der Waals surface area contributed by atoms with Crippen LogP contribution < -0.4 is 5.32 Å². The van der Waals surface area contributed by atoms with Crippen molar-refractivity contribution in [2.75, 3.05) is 5.32 Å². The lowest BCUT2D eigenvalue weighted by molar-refractivity contribution is -0.111. The minimum absolute atomic E-state index is 0.319. The van der Waals surface area contributed by atoms with Gasteiger partial charge in [0.1, 0.15) is 0 Å². The number of nitrogens with zero attached hydrogens (tertiary/aromatic N) is 2. The van der Waals surface area contributed by atoms with Crippen LogP contribution in [0.2, 0.25) is 0 Å². The molecule has 0 saturated carbocycles. The maximum absolute atomic E-state index is 12.4. The van der Waals surface area contributed by atoms with E-state index in [-0.39, 0.29) is 12.1 Å². The van der Waals surface area contributed by atoms with Crippen LogP contribution in [0.25, 0.3) is 28.1 Å². The SMILES string of the molecule is Cn1ncc(C=CC(=O)Nc2ccc(CP(=O)(O)O)cc2)c1-c1cccc2ccccc12. The highest BCUT2D eigenvalue weighted by Gasteiger charge is 2.14. The summed E-state index contributed by atoms with van der Waals surface area (Å²) in [5.41, 5.74) is 3.80. The molecule has 162 valence electrons. The second-order valence-corrected chi connectivity index (χ2v) is 9.09. The molecular weight excluding hydrogens is 425 g/mol. The molecule has 8 heteroatoms. The van der Waals surface area contributed by atoms with Gasteiger partial charge in [0.25, 0.3) is 0 Å². The molecule has 3 N–H and O–H groups in total. The highest BCUT2D eigenvalue weighted by atomic mass is 31.2. The number of carbonyl (C=O) groups is 1. The average Bonchev–Trinajstić information content (AvgIpc) is 3.12. The van der Waals surface area contributed by atoms with Crippen molar-refractivity contribution in [1.29, 1.82) is 0 Å². The number of hydrogen-bond acceptors (Lipinski definition) is 3. The van der Waals surface area contributed by atoms with Gasteiger partial charge in [-0.1, -0.05) is 54.6 Å². The molecule has 1 amide bonds. The predicted molar refractivity (Wildman–Crippen MR) is 126 cm³/mol. The number of fused-ring (bicyclic) bond motifs is 1. The molecule has 4 aromatic rings. The quantitative estimate of drug-likeness (QED) is 0.297. The third-order valence-corrected chi connectivity index (χ3v) is 5.81. The molecule has 3 aromatic carbocycles. The lowest BCUT2D eigenvalue weighted by atomic mass is 10.00. The van der Waals surface area contributed by atoms with E-state index in [0.29, 0.717) is 11.3 Å². The van der Waals surface area contributed by atoms with E-state index in [1.165, 1.54) is 6.08 Å². The Labute approximate surface area is 185 Å². The Hall–Kier alpha value is -3.51. The average molecular weight is 447 g/mol. The molecule has 1 heterocycles. The molecule has 7 nitrogen and oxygen atoms in total. The molecule has 0 unspecified atom stereocenters. The maximum Gasteiger partial charge on any atom is 0.329 e. The lowest BCUT2D eigenvalue weighted by Gasteiger charge is -2.09. The molecule has 0 aliphatic rings. The normalized spacial score (nSPS) is 11.8. The maximum atomic E-state index is 12.4. The van der Waals surface area contributed by atoms with Crippen molar-refractivity contribution in [3.05, 3.63) is 90.1 Å². The molecule has 4 rings (SSSR count). The second-order valence-electron chi connectivity index (χ2n) is 7.44. The van der Waals surface area contributed by atoms with Gasteiger partial charge in [0.15, 0.2) is 0 Å².